The van der Waals surface area contributed by atoms with E-state index in [4.69, 9.17) is 10.6 Å². The molecule has 0 unspecified atom stereocenters. The lowest BCUT2D eigenvalue weighted by Crippen LogP contribution is -2.71. The Kier molecular flexibility index (Phi) is 7.94. The van der Waals surface area contributed by atoms with Crippen LogP contribution in [-0.2, 0) is 30.6 Å². The van der Waals surface area contributed by atoms with Gasteiger partial charge in [0.25, 0.3) is 17.6 Å². The fourth-order valence-corrected chi connectivity index (χ4v) is 7.11. The number of imidazole rings is 1. The molecule has 224 valence electrons. The highest BCUT2D eigenvalue weighted by molar-refractivity contribution is 8.00. The molecule has 5 heterocycles. The van der Waals surface area contributed by atoms with Crippen LogP contribution in [0.1, 0.15) is 37.9 Å². The largest absolute Gasteiger partial charge is 0.543 e. The fraction of sp³-hybridized carbons (Fsp3) is 0.400. The van der Waals surface area contributed by atoms with Crippen molar-refractivity contribution in [2.75, 3.05) is 16.8 Å². The van der Waals surface area contributed by atoms with Crippen molar-refractivity contribution in [2.45, 2.75) is 56.2 Å². The molecule has 0 aromatic carbocycles. The van der Waals surface area contributed by atoms with Gasteiger partial charge in [0.05, 0.1) is 17.9 Å². The lowest BCUT2D eigenvalue weighted by molar-refractivity contribution is -0.662. The topological polar surface area (TPSA) is 213 Å². The molecule has 6 rings (SSSR count). The van der Waals surface area contributed by atoms with Crippen LogP contribution in [0.2, 0.25) is 0 Å². The van der Waals surface area contributed by atoms with Gasteiger partial charge < -0.3 is 25.8 Å². The molecule has 1 aliphatic carbocycles. The Morgan fingerprint density at radius 2 is 2.12 bits per heavy atom. The Labute approximate surface area is 252 Å². The third kappa shape index (κ3) is 5.50. The van der Waals surface area contributed by atoms with Crippen LogP contribution in [0.5, 0.6) is 0 Å². The van der Waals surface area contributed by atoms with Crippen molar-refractivity contribution in [1.82, 2.24) is 29.2 Å². The first-order chi connectivity index (χ1) is 20.9. The standard InChI is InChI=1S/C25H26N10O6S2/c26-25-30-20(32-43-25)17(31-41-14-5-2-1-3-6-14)21(37)29-18-22(38)34-19(24(39)40)13(11-42-23(18)34)9-33-10-15(27-12-36)35-16(33)7-4-8-28-35/h4,7-8,10,12,14,18,23H,1-3,5-6,9,11H2,(H4-,26,27,28,29,30,32,36,37,39,40)/b31-17-/t18-,23-/m1/s1. The van der Waals surface area contributed by atoms with E-state index in [1.165, 1.54) is 16.3 Å². The monoisotopic (exact) mass is 626 g/mol. The molecule has 2 atom stereocenters. The number of nitrogen functional groups attached to an aromatic ring is 1. The van der Waals surface area contributed by atoms with Crippen LogP contribution >= 0.6 is 23.3 Å². The summed E-state index contributed by atoms with van der Waals surface area (Å²) in [5, 5.41) is 25.3. The maximum atomic E-state index is 13.3. The number of aliphatic carboxylic acids is 1. The molecule has 2 fully saturated rings. The molecule has 3 aromatic rings. The molecule has 1 saturated heterocycles. The summed E-state index contributed by atoms with van der Waals surface area (Å²) >= 11 is 2.19. The van der Waals surface area contributed by atoms with E-state index >= 15 is 0 Å². The molecule has 18 heteroatoms. The molecular weight excluding hydrogens is 600 g/mol. The number of anilines is 2. The Bertz CT molecular complexity index is 1660. The van der Waals surface area contributed by atoms with E-state index < -0.39 is 29.2 Å². The SMILES string of the molecule is Nc1nc(/C(=N/OC2CCCCC2)C(=O)N[C@@H]2C(=O)N3C(C(=O)[O-])=C(C[n+]4cc(NC=O)n5ncccc54)CS[C@H]23)ns1. The first-order valence-corrected chi connectivity index (χ1v) is 15.3. The zero-order chi connectivity index (χ0) is 30.1. The molecule has 43 heavy (non-hydrogen) atoms. The predicted octanol–water partition coefficient (Wildman–Crippen LogP) is -1.22. The van der Waals surface area contributed by atoms with Crippen LogP contribution in [0.25, 0.3) is 5.65 Å². The number of oxime groups is 1. The van der Waals surface area contributed by atoms with Crippen molar-refractivity contribution in [3.63, 3.8) is 0 Å². The molecule has 3 aromatic heterocycles. The molecule has 16 nitrogen and oxygen atoms in total. The summed E-state index contributed by atoms with van der Waals surface area (Å²) in [6, 6.07) is 2.43. The number of fused-ring (bicyclic) bond motifs is 2. The second-order valence-corrected chi connectivity index (χ2v) is 11.9. The highest BCUT2D eigenvalue weighted by Crippen LogP contribution is 2.40. The van der Waals surface area contributed by atoms with Gasteiger partial charge in [-0.2, -0.15) is 9.36 Å². The summed E-state index contributed by atoms with van der Waals surface area (Å²) < 4.78 is 7.29. The minimum Gasteiger partial charge on any atom is -0.543 e. The van der Waals surface area contributed by atoms with Crippen LogP contribution in [0.15, 0.2) is 41.0 Å². The number of hydrogen-bond donors (Lipinski definition) is 3. The number of carbonyl (C=O) groups is 4. The van der Waals surface area contributed by atoms with E-state index in [0.717, 1.165) is 48.5 Å². The molecule has 0 radical (unpaired) electrons. The number of carboxylic acid groups (broad SMARTS) is 1. The van der Waals surface area contributed by atoms with Gasteiger partial charge in [-0.05, 0) is 31.7 Å². The van der Waals surface area contributed by atoms with Gasteiger partial charge in [-0.25, -0.2) is 4.57 Å². The third-order valence-corrected chi connectivity index (χ3v) is 9.22. The molecule has 0 spiro atoms. The van der Waals surface area contributed by atoms with Crippen molar-refractivity contribution >= 4 is 69.8 Å². The first-order valence-electron chi connectivity index (χ1n) is 13.4. The van der Waals surface area contributed by atoms with Crippen LogP contribution < -0.4 is 26.0 Å². The van der Waals surface area contributed by atoms with Crippen LogP contribution in [0, 0.1) is 0 Å². The van der Waals surface area contributed by atoms with E-state index in [1.807, 2.05) is 0 Å². The van der Waals surface area contributed by atoms with Crippen molar-refractivity contribution in [2.24, 2.45) is 5.16 Å². The van der Waals surface area contributed by atoms with E-state index in [1.54, 1.807) is 29.1 Å². The number of carbonyl (C=O) groups excluding carboxylic acids is 4. The molecule has 0 bridgehead atoms. The Hall–Kier alpha value is -4.58. The summed E-state index contributed by atoms with van der Waals surface area (Å²) in [5.41, 5.74) is 6.25. The average Bonchev–Trinajstić information content (AvgIpc) is 3.59. The number of rotatable bonds is 10. The number of thioether (sulfide) groups is 1. The van der Waals surface area contributed by atoms with Crippen molar-refractivity contribution in [1.29, 1.82) is 0 Å². The predicted molar refractivity (Wildman–Crippen MR) is 151 cm³/mol. The summed E-state index contributed by atoms with van der Waals surface area (Å²) in [4.78, 5) is 60.8. The van der Waals surface area contributed by atoms with Gasteiger partial charge in [-0.15, -0.1) is 11.8 Å². The number of hydrogen-bond acceptors (Lipinski definition) is 13. The first kappa shape index (κ1) is 28.5. The molecule has 3 aliphatic rings. The third-order valence-electron chi connectivity index (χ3n) is 7.34. The minimum absolute atomic E-state index is 0.0249. The van der Waals surface area contributed by atoms with Crippen molar-refractivity contribution in [3.05, 3.63) is 41.6 Å². The molecular formula is C25H26N10O6S2. The maximum absolute atomic E-state index is 13.3. The summed E-state index contributed by atoms with van der Waals surface area (Å²) in [6.45, 7) is 0.0891. The van der Waals surface area contributed by atoms with Crippen LogP contribution in [0.3, 0.4) is 0 Å². The van der Waals surface area contributed by atoms with Gasteiger partial charge >= 0.3 is 5.65 Å². The van der Waals surface area contributed by atoms with E-state index in [9.17, 15) is 24.3 Å². The van der Waals surface area contributed by atoms with Crippen molar-refractivity contribution in [3.8, 4) is 0 Å². The van der Waals surface area contributed by atoms with E-state index in [0.29, 0.717) is 23.4 Å². The van der Waals surface area contributed by atoms with Crippen LogP contribution in [-0.4, -0.2) is 77.0 Å². The second-order valence-electron chi connectivity index (χ2n) is 10.1. The Balaban J connectivity index is 1.22. The minimum atomic E-state index is -1.52. The van der Waals surface area contributed by atoms with E-state index in [-0.39, 0.29) is 40.8 Å². The molecule has 2 aliphatic heterocycles. The number of amides is 3. The summed E-state index contributed by atoms with van der Waals surface area (Å²) in [6.07, 6.45) is 8.26. The number of aromatic nitrogens is 5. The van der Waals surface area contributed by atoms with Gasteiger partial charge in [0, 0.05) is 28.9 Å². The molecule has 1 saturated carbocycles. The highest BCUT2D eigenvalue weighted by Gasteiger charge is 2.53. The Morgan fingerprint density at radius 3 is 2.84 bits per heavy atom. The average molecular weight is 627 g/mol. The summed E-state index contributed by atoms with van der Waals surface area (Å²) in [5.74, 6) is -2.28. The van der Waals surface area contributed by atoms with Crippen molar-refractivity contribution < 1.29 is 33.7 Å². The normalized spacial score (nSPS) is 20.9. The van der Waals surface area contributed by atoms with Gasteiger partial charge in [0.15, 0.2) is 11.3 Å². The number of nitrogens with two attached hydrogens (primary N) is 1. The quantitative estimate of drug-likeness (QED) is 0.0798. The zero-order valence-electron chi connectivity index (χ0n) is 22.5. The second kappa shape index (κ2) is 12.0. The number of β-lactam (4-membered cyclic amide) rings is 1. The smallest absolute Gasteiger partial charge is 0.309 e. The maximum Gasteiger partial charge on any atom is 0.309 e. The van der Waals surface area contributed by atoms with Gasteiger partial charge in [-0.1, -0.05) is 21.2 Å². The number of carboxylic acids is 1. The molecule has 3 amide bonds. The van der Waals surface area contributed by atoms with E-state index in [2.05, 4.69) is 30.2 Å². The number of nitrogens with zero attached hydrogens (tertiary/aromatic N) is 7. The lowest BCUT2D eigenvalue weighted by atomic mass is 9.98. The highest BCUT2D eigenvalue weighted by atomic mass is 32.2. The fourth-order valence-electron chi connectivity index (χ4n) is 5.34. The van der Waals surface area contributed by atoms with Gasteiger partial charge in [0.2, 0.25) is 17.9 Å². The van der Waals surface area contributed by atoms with Gasteiger partial charge in [-0.3, -0.25) is 24.6 Å². The molecule has 4 N–H and O–H groups in total. The zero-order valence-corrected chi connectivity index (χ0v) is 24.2. The Morgan fingerprint density at radius 1 is 1.30 bits per heavy atom. The lowest BCUT2D eigenvalue weighted by Gasteiger charge is -2.50. The van der Waals surface area contributed by atoms with Crippen LogP contribution in [0.4, 0.5) is 10.9 Å². The number of nitrogens with one attached hydrogen (secondary N) is 2. The summed E-state index contributed by atoms with van der Waals surface area (Å²) in [7, 11) is 0. The van der Waals surface area contributed by atoms with Gasteiger partial charge in [0.1, 0.15) is 24.1 Å².